The summed E-state index contributed by atoms with van der Waals surface area (Å²) in [6.07, 6.45) is 1.21. The summed E-state index contributed by atoms with van der Waals surface area (Å²) in [5.41, 5.74) is 0.374. The number of carbonyl (C=O) groups excluding carboxylic acids is 1. The predicted molar refractivity (Wildman–Crippen MR) is 61.4 cm³/mol. The van der Waals surface area contributed by atoms with Crippen LogP contribution in [0.15, 0.2) is 0 Å². The topological polar surface area (TPSA) is 26.3 Å². The molecule has 0 N–H and O–H groups in total. The molecule has 0 spiro atoms. The molecule has 0 aromatic carbocycles. The summed E-state index contributed by atoms with van der Waals surface area (Å²) < 4.78 is 5.31. The molecule has 1 fully saturated rings. The molecule has 0 heterocycles. The molecule has 3 unspecified atom stereocenters. The van der Waals surface area contributed by atoms with Gasteiger partial charge in [0.25, 0.3) is 0 Å². The number of hydrogen-bond donors (Lipinski definition) is 0. The van der Waals surface area contributed by atoms with Gasteiger partial charge in [0, 0.05) is 6.92 Å². The van der Waals surface area contributed by atoms with E-state index in [4.69, 9.17) is 4.74 Å². The average molecular weight is 212 g/mol. The van der Waals surface area contributed by atoms with Crippen LogP contribution in [0, 0.1) is 23.2 Å². The Hall–Kier alpha value is -0.530. The normalized spacial score (nSPS) is 36.3. The van der Waals surface area contributed by atoms with Crippen molar-refractivity contribution in [1.29, 1.82) is 0 Å². The molecule has 0 radical (unpaired) electrons. The molecule has 2 nitrogen and oxygen atoms in total. The number of ether oxygens (including phenoxy) is 1. The first kappa shape index (κ1) is 12.5. The Kier molecular flexibility index (Phi) is 3.47. The minimum atomic E-state index is -0.160. The summed E-state index contributed by atoms with van der Waals surface area (Å²) in [6, 6.07) is 0. The summed E-state index contributed by atoms with van der Waals surface area (Å²) in [4.78, 5) is 10.9. The number of esters is 1. The van der Waals surface area contributed by atoms with Crippen molar-refractivity contribution in [2.75, 3.05) is 0 Å². The summed E-state index contributed by atoms with van der Waals surface area (Å²) >= 11 is 0. The summed E-state index contributed by atoms with van der Waals surface area (Å²) in [5.74, 6) is 1.68. The summed E-state index contributed by atoms with van der Waals surface area (Å²) in [7, 11) is 0. The van der Waals surface area contributed by atoms with E-state index < -0.39 is 0 Å². The van der Waals surface area contributed by atoms with Crippen LogP contribution in [0.4, 0.5) is 0 Å². The van der Waals surface area contributed by atoms with Crippen molar-refractivity contribution in [1.82, 2.24) is 0 Å². The van der Waals surface area contributed by atoms with Gasteiger partial charge in [-0.15, -0.1) is 0 Å². The van der Waals surface area contributed by atoms with Gasteiger partial charge in [0.05, 0.1) is 0 Å². The van der Waals surface area contributed by atoms with Crippen LogP contribution in [0.25, 0.3) is 0 Å². The Labute approximate surface area is 93.4 Å². The van der Waals surface area contributed by atoms with Crippen LogP contribution in [0.2, 0.25) is 0 Å². The van der Waals surface area contributed by atoms with E-state index in [1.54, 1.807) is 0 Å². The Morgan fingerprint density at radius 2 is 1.93 bits per heavy atom. The maximum absolute atomic E-state index is 10.9. The van der Waals surface area contributed by atoms with Crippen LogP contribution >= 0.6 is 0 Å². The molecule has 1 aliphatic rings. The van der Waals surface area contributed by atoms with Gasteiger partial charge in [0.1, 0.15) is 6.10 Å². The van der Waals surface area contributed by atoms with E-state index in [-0.39, 0.29) is 12.1 Å². The van der Waals surface area contributed by atoms with Gasteiger partial charge < -0.3 is 4.74 Å². The smallest absolute Gasteiger partial charge is 0.302 e. The molecule has 0 saturated heterocycles. The molecule has 1 saturated carbocycles. The highest BCUT2D eigenvalue weighted by molar-refractivity contribution is 5.66. The zero-order chi connectivity index (χ0) is 11.8. The van der Waals surface area contributed by atoms with E-state index in [0.29, 0.717) is 23.2 Å². The Bertz CT molecular complexity index is 245. The maximum atomic E-state index is 10.9. The summed E-state index contributed by atoms with van der Waals surface area (Å²) in [6.45, 7) is 12.7. The van der Waals surface area contributed by atoms with Crippen molar-refractivity contribution in [3.05, 3.63) is 0 Å². The number of rotatable bonds is 2. The van der Waals surface area contributed by atoms with Gasteiger partial charge in [-0.25, -0.2) is 0 Å². The van der Waals surface area contributed by atoms with Crippen molar-refractivity contribution in [2.24, 2.45) is 23.2 Å². The van der Waals surface area contributed by atoms with Crippen LogP contribution in [0.5, 0.6) is 0 Å². The quantitative estimate of drug-likeness (QED) is 0.657. The van der Waals surface area contributed by atoms with Crippen molar-refractivity contribution >= 4 is 5.97 Å². The molecular weight excluding hydrogens is 188 g/mol. The van der Waals surface area contributed by atoms with Gasteiger partial charge in [-0.05, 0) is 36.5 Å². The first-order chi connectivity index (χ1) is 6.75. The predicted octanol–water partition coefficient (Wildman–Crippen LogP) is 3.26. The third-order valence-corrected chi connectivity index (χ3v) is 4.41. The lowest BCUT2D eigenvalue weighted by Crippen LogP contribution is -2.25. The van der Waals surface area contributed by atoms with Crippen LogP contribution < -0.4 is 0 Å². The van der Waals surface area contributed by atoms with Crippen molar-refractivity contribution < 1.29 is 9.53 Å². The van der Waals surface area contributed by atoms with E-state index in [0.717, 1.165) is 6.42 Å². The SMILES string of the molecule is CC(=O)O[C@@H](C)C1CC(C)(C)C(C)C1C. The van der Waals surface area contributed by atoms with Crippen LogP contribution in [-0.2, 0) is 9.53 Å². The van der Waals surface area contributed by atoms with Gasteiger partial charge in [-0.2, -0.15) is 0 Å². The monoisotopic (exact) mass is 212 g/mol. The lowest BCUT2D eigenvalue weighted by molar-refractivity contribution is -0.148. The zero-order valence-corrected chi connectivity index (χ0v) is 10.8. The van der Waals surface area contributed by atoms with E-state index >= 15 is 0 Å². The molecule has 0 amide bonds. The van der Waals surface area contributed by atoms with E-state index in [1.165, 1.54) is 6.92 Å². The highest BCUT2D eigenvalue weighted by Gasteiger charge is 2.45. The van der Waals surface area contributed by atoms with E-state index in [9.17, 15) is 4.79 Å². The second-order valence-corrected chi connectivity index (χ2v) is 5.82. The third-order valence-electron chi connectivity index (χ3n) is 4.41. The number of hydrogen-bond acceptors (Lipinski definition) is 2. The van der Waals surface area contributed by atoms with E-state index in [2.05, 4.69) is 27.7 Å². The minimum absolute atomic E-state index is 0.0572. The molecule has 88 valence electrons. The van der Waals surface area contributed by atoms with Gasteiger partial charge in [0.15, 0.2) is 0 Å². The first-order valence-corrected chi connectivity index (χ1v) is 5.93. The van der Waals surface area contributed by atoms with Crippen LogP contribution in [-0.4, -0.2) is 12.1 Å². The molecule has 0 bridgehead atoms. The average Bonchev–Trinajstić information content (AvgIpc) is 2.28. The lowest BCUT2D eigenvalue weighted by Gasteiger charge is -2.25. The van der Waals surface area contributed by atoms with Gasteiger partial charge >= 0.3 is 5.97 Å². The van der Waals surface area contributed by atoms with Gasteiger partial charge in [-0.3, -0.25) is 4.79 Å². The first-order valence-electron chi connectivity index (χ1n) is 5.93. The maximum Gasteiger partial charge on any atom is 0.302 e. The van der Waals surface area contributed by atoms with Crippen molar-refractivity contribution in [3.63, 3.8) is 0 Å². The Balaban J connectivity index is 2.69. The molecule has 0 aromatic rings. The second-order valence-electron chi connectivity index (χ2n) is 5.82. The highest BCUT2D eigenvalue weighted by atomic mass is 16.5. The standard InChI is InChI=1S/C13H24O2/c1-8-9(2)13(5,6)7-12(8)10(3)15-11(4)14/h8-10,12H,7H2,1-6H3/t8?,9?,10-,12?/m0/s1. The summed E-state index contributed by atoms with van der Waals surface area (Å²) in [5, 5.41) is 0. The Morgan fingerprint density at radius 3 is 2.27 bits per heavy atom. The largest absolute Gasteiger partial charge is 0.463 e. The molecule has 4 atom stereocenters. The van der Waals surface area contributed by atoms with E-state index in [1.807, 2.05) is 6.92 Å². The Morgan fingerprint density at radius 1 is 1.40 bits per heavy atom. The fraction of sp³-hybridized carbons (Fsp3) is 0.923. The molecular formula is C13H24O2. The van der Waals surface area contributed by atoms with Gasteiger partial charge in [0.2, 0.25) is 0 Å². The number of carbonyl (C=O) groups is 1. The molecule has 15 heavy (non-hydrogen) atoms. The molecule has 2 heteroatoms. The lowest BCUT2D eigenvalue weighted by atomic mass is 9.81. The molecule has 1 rings (SSSR count). The highest BCUT2D eigenvalue weighted by Crippen LogP contribution is 2.50. The molecule has 1 aliphatic carbocycles. The van der Waals surface area contributed by atoms with Crippen molar-refractivity contribution in [2.45, 2.75) is 54.1 Å². The molecule has 0 aliphatic heterocycles. The fourth-order valence-electron chi connectivity index (χ4n) is 3.00. The van der Waals surface area contributed by atoms with Crippen LogP contribution in [0.1, 0.15) is 48.0 Å². The van der Waals surface area contributed by atoms with Crippen molar-refractivity contribution in [3.8, 4) is 0 Å². The van der Waals surface area contributed by atoms with Crippen LogP contribution in [0.3, 0.4) is 0 Å². The van der Waals surface area contributed by atoms with Gasteiger partial charge in [-0.1, -0.05) is 27.7 Å². The zero-order valence-electron chi connectivity index (χ0n) is 10.8. The fourth-order valence-corrected chi connectivity index (χ4v) is 3.00. The second kappa shape index (κ2) is 4.15. The minimum Gasteiger partial charge on any atom is -0.463 e. The molecule has 0 aromatic heterocycles. The third kappa shape index (κ3) is 2.53.